The fourth-order valence-corrected chi connectivity index (χ4v) is 3.03. The molecule has 2 aromatic rings. The molecule has 0 fully saturated rings. The van der Waals surface area contributed by atoms with Gasteiger partial charge in [0.25, 0.3) is 0 Å². The van der Waals surface area contributed by atoms with E-state index in [9.17, 15) is 15.0 Å². The summed E-state index contributed by atoms with van der Waals surface area (Å²) in [6, 6.07) is 12.2. The van der Waals surface area contributed by atoms with E-state index >= 15 is 0 Å². The Morgan fingerprint density at radius 2 is 1.93 bits per heavy atom. The maximum Gasteiger partial charge on any atom is 0.412 e. The molecule has 7 heteroatoms. The summed E-state index contributed by atoms with van der Waals surface area (Å²) in [4.78, 5) is 12.4. The number of aromatic hydroxyl groups is 1. The van der Waals surface area contributed by atoms with Crippen molar-refractivity contribution in [1.29, 1.82) is 0 Å². The second-order valence-corrected chi connectivity index (χ2v) is 6.94. The molecule has 0 aliphatic rings. The molecular formula is C20H24BrNO5. The summed E-state index contributed by atoms with van der Waals surface area (Å²) in [6.07, 6.45) is -1.92. The smallest absolute Gasteiger partial charge is 0.412 e. The lowest BCUT2D eigenvalue weighted by Crippen LogP contribution is -2.29. The molecule has 1 amide bonds. The number of carbonyl (C=O) groups is 1. The zero-order chi connectivity index (χ0) is 19.8. The van der Waals surface area contributed by atoms with Crippen LogP contribution in [0.25, 0.3) is 0 Å². The first-order chi connectivity index (χ1) is 12.9. The number of phenolic OH excluding ortho intramolecular Hbond substituents is 1. The Bertz CT molecular complexity index is 745. The van der Waals surface area contributed by atoms with Gasteiger partial charge in [0.2, 0.25) is 0 Å². The summed E-state index contributed by atoms with van der Waals surface area (Å²) in [5.74, 6) is -0.0195. The number of ether oxygens (including phenoxy) is 2. The number of aryl methyl sites for hydroxylation is 1. The summed E-state index contributed by atoms with van der Waals surface area (Å²) >= 11 is 3.36. The van der Waals surface area contributed by atoms with E-state index in [1.165, 1.54) is 6.07 Å². The number of carbonyl (C=O) groups excluding carboxylic acids is 1. The minimum Gasteiger partial charge on any atom is -0.508 e. The van der Waals surface area contributed by atoms with Crippen LogP contribution in [0.15, 0.2) is 46.9 Å². The summed E-state index contributed by atoms with van der Waals surface area (Å²) in [6.45, 7) is 4.00. The van der Waals surface area contributed by atoms with Gasteiger partial charge in [-0.05, 0) is 44.2 Å². The number of anilines is 1. The predicted molar refractivity (Wildman–Crippen MR) is 107 cm³/mol. The second-order valence-electron chi connectivity index (χ2n) is 6.03. The average molecular weight is 438 g/mol. The first kappa shape index (κ1) is 21.2. The van der Waals surface area contributed by atoms with Crippen LogP contribution in [0.1, 0.15) is 30.6 Å². The van der Waals surface area contributed by atoms with Gasteiger partial charge in [-0.3, -0.25) is 5.32 Å². The van der Waals surface area contributed by atoms with Crippen LogP contribution in [-0.2, 0) is 9.47 Å². The minimum atomic E-state index is -0.889. The predicted octanol–water partition coefficient (Wildman–Crippen LogP) is 4.54. The monoisotopic (exact) mass is 437 g/mol. The van der Waals surface area contributed by atoms with Crippen LogP contribution in [0.2, 0.25) is 0 Å². The molecule has 0 aliphatic carbocycles. The molecule has 2 rings (SSSR count). The molecule has 0 heterocycles. The van der Waals surface area contributed by atoms with Crippen molar-refractivity contribution in [3.8, 4) is 5.75 Å². The molecule has 0 bridgehead atoms. The highest BCUT2D eigenvalue weighted by Crippen LogP contribution is 2.34. The fraction of sp³-hybridized carbons (Fsp3) is 0.350. The molecule has 0 unspecified atom stereocenters. The van der Waals surface area contributed by atoms with E-state index in [0.717, 1.165) is 10.0 Å². The molecule has 0 saturated heterocycles. The fourth-order valence-electron chi connectivity index (χ4n) is 2.66. The quantitative estimate of drug-likeness (QED) is 0.563. The molecule has 146 valence electrons. The lowest BCUT2D eigenvalue weighted by Gasteiger charge is -2.27. The Balaban J connectivity index is 2.26. The van der Waals surface area contributed by atoms with Gasteiger partial charge in [0.15, 0.2) is 6.10 Å². The molecule has 0 saturated carbocycles. The number of rotatable bonds is 8. The molecule has 3 N–H and O–H groups in total. The van der Waals surface area contributed by atoms with Crippen molar-refractivity contribution in [1.82, 2.24) is 0 Å². The summed E-state index contributed by atoms with van der Waals surface area (Å²) < 4.78 is 12.0. The minimum absolute atomic E-state index is 0.0195. The highest BCUT2D eigenvalue weighted by Gasteiger charge is 2.30. The van der Waals surface area contributed by atoms with Gasteiger partial charge in [-0.2, -0.15) is 0 Å². The van der Waals surface area contributed by atoms with Crippen molar-refractivity contribution in [2.24, 2.45) is 0 Å². The third kappa shape index (κ3) is 6.23. The molecule has 2 aromatic carbocycles. The summed E-state index contributed by atoms with van der Waals surface area (Å²) in [7, 11) is 0. The number of amides is 1. The third-order valence-electron chi connectivity index (χ3n) is 3.96. The van der Waals surface area contributed by atoms with Crippen molar-refractivity contribution < 1.29 is 24.5 Å². The number of phenols is 1. The molecule has 0 radical (unpaired) electrons. The normalized spacial score (nSPS) is 13.0. The molecule has 6 nitrogen and oxygen atoms in total. The molecule has 0 spiro atoms. The van der Waals surface area contributed by atoms with Gasteiger partial charge >= 0.3 is 6.09 Å². The Labute approximate surface area is 167 Å². The lowest BCUT2D eigenvalue weighted by molar-refractivity contribution is -0.0491. The number of benzene rings is 2. The van der Waals surface area contributed by atoms with E-state index in [1.54, 1.807) is 24.3 Å². The van der Waals surface area contributed by atoms with E-state index in [-0.39, 0.29) is 18.8 Å². The van der Waals surface area contributed by atoms with Gasteiger partial charge < -0.3 is 19.7 Å². The maximum absolute atomic E-state index is 12.4. The van der Waals surface area contributed by atoms with Gasteiger partial charge in [0.1, 0.15) is 11.9 Å². The zero-order valence-corrected chi connectivity index (χ0v) is 16.9. The number of halogens is 1. The van der Waals surface area contributed by atoms with Crippen LogP contribution in [0.3, 0.4) is 0 Å². The van der Waals surface area contributed by atoms with E-state index in [4.69, 9.17) is 9.47 Å². The number of aliphatic hydroxyl groups excluding tert-OH is 1. The molecule has 27 heavy (non-hydrogen) atoms. The summed E-state index contributed by atoms with van der Waals surface area (Å²) in [5.41, 5.74) is 2.07. The Morgan fingerprint density at radius 1 is 1.22 bits per heavy atom. The van der Waals surface area contributed by atoms with Crippen LogP contribution >= 0.6 is 15.9 Å². The largest absolute Gasteiger partial charge is 0.508 e. The summed E-state index contributed by atoms with van der Waals surface area (Å²) in [5, 5.41) is 22.3. The standard InChI is InChI=1S/C20H24BrNO5/c1-3-26-18(10-11-23)19(16-12-14(21)6-9-17(16)24)27-20(25)22-15-7-4-13(2)5-8-15/h4-9,12,18-19,23-24H,3,10-11H2,1-2H3,(H,22,25)/t18-,19-/m1/s1. The van der Waals surface area contributed by atoms with E-state index < -0.39 is 18.3 Å². The first-order valence-electron chi connectivity index (χ1n) is 8.69. The van der Waals surface area contributed by atoms with Crippen molar-refractivity contribution in [3.63, 3.8) is 0 Å². The third-order valence-corrected chi connectivity index (χ3v) is 4.45. The van der Waals surface area contributed by atoms with Crippen LogP contribution in [0, 0.1) is 6.92 Å². The van der Waals surface area contributed by atoms with Gasteiger partial charge in [-0.1, -0.05) is 33.6 Å². The highest BCUT2D eigenvalue weighted by molar-refractivity contribution is 9.10. The second kappa shape index (κ2) is 10.3. The van der Waals surface area contributed by atoms with Gasteiger partial charge in [-0.15, -0.1) is 0 Å². The zero-order valence-electron chi connectivity index (χ0n) is 15.3. The van der Waals surface area contributed by atoms with Gasteiger partial charge in [0.05, 0.1) is 0 Å². The number of hydrogen-bond donors (Lipinski definition) is 3. The average Bonchev–Trinajstić information content (AvgIpc) is 2.64. The SMILES string of the molecule is CCO[C@H](CCO)[C@H](OC(=O)Nc1ccc(C)cc1)c1cc(Br)ccc1O. The number of hydrogen-bond acceptors (Lipinski definition) is 5. The van der Waals surface area contributed by atoms with Crippen LogP contribution in [0.5, 0.6) is 5.75 Å². The topological polar surface area (TPSA) is 88.0 Å². The Hall–Kier alpha value is -2.09. The van der Waals surface area contributed by atoms with E-state index in [1.807, 2.05) is 26.0 Å². The Kier molecular flexibility index (Phi) is 8.09. The molecule has 0 aliphatic heterocycles. The highest BCUT2D eigenvalue weighted by atomic mass is 79.9. The van der Waals surface area contributed by atoms with Crippen LogP contribution < -0.4 is 5.32 Å². The number of nitrogens with one attached hydrogen (secondary N) is 1. The number of aliphatic hydroxyl groups is 1. The first-order valence-corrected chi connectivity index (χ1v) is 9.49. The molecule has 2 atom stereocenters. The van der Waals surface area contributed by atoms with Crippen molar-refractivity contribution in [3.05, 3.63) is 58.1 Å². The van der Waals surface area contributed by atoms with Gasteiger partial charge in [0, 0.05) is 35.4 Å². The van der Waals surface area contributed by atoms with E-state index in [2.05, 4.69) is 21.2 Å². The van der Waals surface area contributed by atoms with Crippen LogP contribution in [0.4, 0.5) is 10.5 Å². The maximum atomic E-state index is 12.4. The van der Waals surface area contributed by atoms with Crippen molar-refractivity contribution in [2.75, 3.05) is 18.5 Å². The van der Waals surface area contributed by atoms with Crippen LogP contribution in [-0.4, -0.2) is 35.6 Å². The Morgan fingerprint density at radius 3 is 2.56 bits per heavy atom. The molecular weight excluding hydrogens is 414 g/mol. The van der Waals surface area contributed by atoms with Gasteiger partial charge in [-0.25, -0.2) is 4.79 Å². The van der Waals surface area contributed by atoms with E-state index in [0.29, 0.717) is 17.9 Å². The van der Waals surface area contributed by atoms with Crippen molar-refractivity contribution >= 4 is 27.7 Å². The lowest BCUT2D eigenvalue weighted by atomic mass is 10.0. The molecule has 0 aromatic heterocycles. The van der Waals surface area contributed by atoms with Crippen molar-refractivity contribution in [2.45, 2.75) is 32.5 Å².